The molecule has 1 aromatic carbocycles. The van der Waals surface area contributed by atoms with Crippen LogP contribution >= 0.6 is 0 Å². The van der Waals surface area contributed by atoms with Gasteiger partial charge in [0.05, 0.1) is 0 Å². The van der Waals surface area contributed by atoms with E-state index < -0.39 is 25.2 Å². The molecule has 1 rings (SSSR count). The van der Waals surface area contributed by atoms with Crippen molar-refractivity contribution in [2.75, 3.05) is 13.2 Å². The maximum Gasteiger partial charge on any atom is 0.411 e. The standard InChI is InChI=1S/C14H17F3O2/c1-3-10-5-6-12(7-11(10)4-2)13(18)8-19-9-14(15,16)17/h5-7H,3-4,8-9H2,1-2H3. The van der Waals surface area contributed by atoms with E-state index in [1.165, 1.54) is 0 Å². The van der Waals surface area contributed by atoms with Crippen molar-refractivity contribution >= 4 is 5.78 Å². The zero-order valence-corrected chi connectivity index (χ0v) is 11.0. The van der Waals surface area contributed by atoms with E-state index in [9.17, 15) is 18.0 Å². The number of carbonyl (C=O) groups is 1. The van der Waals surface area contributed by atoms with Gasteiger partial charge in [-0.1, -0.05) is 26.0 Å². The van der Waals surface area contributed by atoms with Crippen molar-refractivity contribution < 1.29 is 22.7 Å². The molecule has 0 fully saturated rings. The van der Waals surface area contributed by atoms with E-state index in [2.05, 4.69) is 4.74 Å². The van der Waals surface area contributed by atoms with Gasteiger partial charge in [0, 0.05) is 5.56 Å². The number of benzene rings is 1. The number of alkyl halides is 3. The normalized spacial score (nSPS) is 11.6. The minimum Gasteiger partial charge on any atom is -0.364 e. The fourth-order valence-electron chi connectivity index (χ4n) is 1.82. The zero-order chi connectivity index (χ0) is 14.5. The Balaban J connectivity index is 2.67. The lowest BCUT2D eigenvalue weighted by molar-refractivity contribution is -0.170. The van der Waals surface area contributed by atoms with Crippen molar-refractivity contribution in [3.63, 3.8) is 0 Å². The number of aryl methyl sites for hydroxylation is 2. The third-order valence-electron chi connectivity index (χ3n) is 2.79. The summed E-state index contributed by atoms with van der Waals surface area (Å²) in [4.78, 5) is 11.7. The summed E-state index contributed by atoms with van der Waals surface area (Å²) >= 11 is 0. The van der Waals surface area contributed by atoms with E-state index in [0.717, 1.165) is 24.0 Å². The average Bonchev–Trinajstić information content (AvgIpc) is 2.36. The Kier molecular flexibility index (Phi) is 5.54. The molecule has 0 N–H and O–H groups in total. The van der Waals surface area contributed by atoms with Crippen LogP contribution in [0.15, 0.2) is 18.2 Å². The summed E-state index contributed by atoms with van der Waals surface area (Å²) in [5.41, 5.74) is 2.59. The van der Waals surface area contributed by atoms with Crippen LogP contribution < -0.4 is 0 Å². The van der Waals surface area contributed by atoms with Gasteiger partial charge in [-0.05, 0) is 30.0 Å². The highest BCUT2D eigenvalue weighted by atomic mass is 19.4. The third-order valence-corrected chi connectivity index (χ3v) is 2.79. The molecule has 1 aromatic rings. The molecule has 0 bridgehead atoms. The van der Waals surface area contributed by atoms with E-state index >= 15 is 0 Å². The lowest BCUT2D eigenvalue weighted by atomic mass is 9.98. The average molecular weight is 274 g/mol. The molecule has 19 heavy (non-hydrogen) atoms. The Morgan fingerprint density at radius 2 is 1.79 bits per heavy atom. The smallest absolute Gasteiger partial charge is 0.364 e. The highest BCUT2D eigenvalue weighted by Crippen LogP contribution is 2.16. The molecule has 0 saturated carbocycles. The number of rotatable bonds is 6. The van der Waals surface area contributed by atoms with Crippen molar-refractivity contribution in [2.24, 2.45) is 0 Å². The van der Waals surface area contributed by atoms with E-state index in [-0.39, 0.29) is 0 Å². The van der Waals surface area contributed by atoms with Crippen LogP contribution in [-0.2, 0) is 17.6 Å². The van der Waals surface area contributed by atoms with Crippen LogP contribution in [-0.4, -0.2) is 25.2 Å². The first-order chi connectivity index (χ1) is 8.87. The summed E-state index contributed by atoms with van der Waals surface area (Å²) in [5, 5.41) is 0. The predicted octanol–water partition coefficient (Wildman–Crippen LogP) is 3.57. The highest BCUT2D eigenvalue weighted by Gasteiger charge is 2.27. The summed E-state index contributed by atoms with van der Waals surface area (Å²) in [6, 6.07) is 5.21. The quantitative estimate of drug-likeness (QED) is 0.741. The van der Waals surface area contributed by atoms with E-state index in [0.29, 0.717) is 5.56 Å². The largest absolute Gasteiger partial charge is 0.411 e. The summed E-state index contributed by atoms with van der Waals surface area (Å²) in [6.07, 6.45) is -2.75. The monoisotopic (exact) mass is 274 g/mol. The molecular weight excluding hydrogens is 257 g/mol. The molecule has 0 saturated heterocycles. The third kappa shape index (κ3) is 5.03. The van der Waals surface area contributed by atoms with Gasteiger partial charge in [0.1, 0.15) is 13.2 Å². The molecule has 0 unspecified atom stereocenters. The number of hydrogen-bond acceptors (Lipinski definition) is 2. The molecule has 0 aliphatic carbocycles. The Hall–Kier alpha value is -1.36. The molecule has 0 aromatic heterocycles. The van der Waals surface area contributed by atoms with Crippen LogP contribution in [0.3, 0.4) is 0 Å². The molecule has 0 radical (unpaired) electrons. The fraction of sp³-hybridized carbons (Fsp3) is 0.500. The van der Waals surface area contributed by atoms with Crippen molar-refractivity contribution in [2.45, 2.75) is 32.9 Å². The van der Waals surface area contributed by atoms with Crippen LogP contribution in [0.5, 0.6) is 0 Å². The van der Waals surface area contributed by atoms with Crippen LogP contribution in [0, 0.1) is 0 Å². The molecular formula is C14H17F3O2. The maximum atomic E-state index is 11.9. The highest BCUT2D eigenvalue weighted by molar-refractivity contribution is 5.97. The van der Waals surface area contributed by atoms with E-state index in [1.807, 2.05) is 19.9 Å². The second kappa shape index (κ2) is 6.70. The maximum absolute atomic E-state index is 11.9. The summed E-state index contributed by atoms with van der Waals surface area (Å²) in [5.74, 6) is -0.429. The number of halogens is 3. The van der Waals surface area contributed by atoms with Gasteiger partial charge in [0.2, 0.25) is 0 Å². The molecule has 0 atom stereocenters. The number of ketones is 1. The second-order valence-electron chi connectivity index (χ2n) is 4.22. The van der Waals surface area contributed by atoms with Crippen molar-refractivity contribution in [1.82, 2.24) is 0 Å². The first kappa shape index (κ1) is 15.7. The first-order valence-corrected chi connectivity index (χ1v) is 6.16. The van der Waals surface area contributed by atoms with Gasteiger partial charge in [0.25, 0.3) is 0 Å². The summed E-state index contributed by atoms with van der Waals surface area (Å²) in [7, 11) is 0. The van der Waals surface area contributed by atoms with Crippen molar-refractivity contribution in [3.05, 3.63) is 34.9 Å². The van der Waals surface area contributed by atoms with Crippen LogP contribution in [0.1, 0.15) is 35.3 Å². The lowest BCUT2D eigenvalue weighted by Gasteiger charge is -2.09. The zero-order valence-electron chi connectivity index (χ0n) is 11.0. The summed E-state index contributed by atoms with van der Waals surface area (Å²) in [6.45, 7) is 2.05. The molecule has 2 nitrogen and oxygen atoms in total. The Morgan fingerprint density at radius 3 is 2.32 bits per heavy atom. The molecule has 0 aliphatic rings. The minimum absolute atomic E-state index is 0.399. The fourth-order valence-corrected chi connectivity index (χ4v) is 1.82. The topological polar surface area (TPSA) is 26.3 Å². The number of Topliss-reactive ketones (excluding diaryl/α,β-unsaturated/α-hetero) is 1. The van der Waals surface area contributed by atoms with E-state index in [4.69, 9.17) is 0 Å². The first-order valence-electron chi connectivity index (χ1n) is 6.16. The number of hydrogen-bond donors (Lipinski definition) is 0. The number of carbonyl (C=O) groups excluding carboxylic acids is 1. The van der Waals surface area contributed by atoms with Gasteiger partial charge < -0.3 is 4.74 Å². The van der Waals surface area contributed by atoms with Gasteiger partial charge in [-0.2, -0.15) is 13.2 Å². The molecule has 5 heteroatoms. The SMILES string of the molecule is CCc1ccc(C(=O)COCC(F)(F)F)cc1CC. The second-order valence-corrected chi connectivity index (χ2v) is 4.22. The molecule has 0 amide bonds. The Labute approximate surface area is 110 Å². The van der Waals surface area contributed by atoms with Gasteiger partial charge >= 0.3 is 6.18 Å². The molecule has 0 heterocycles. The van der Waals surface area contributed by atoms with Crippen molar-refractivity contribution in [3.8, 4) is 0 Å². The van der Waals surface area contributed by atoms with Gasteiger partial charge in [-0.25, -0.2) is 0 Å². The van der Waals surface area contributed by atoms with Crippen LogP contribution in [0.4, 0.5) is 13.2 Å². The lowest BCUT2D eigenvalue weighted by Crippen LogP contribution is -2.20. The predicted molar refractivity (Wildman–Crippen MR) is 66.4 cm³/mol. The Morgan fingerprint density at radius 1 is 1.16 bits per heavy atom. The minimum atomic E-state index is -4.40. The molecule has 0 aliphatic heterocycles. The van der Waals surface area contributed by atoms with Gasteiger partial charge in [-0.15, -0.1) is 0 Å². The Bertz CT molecular complexity index is 439. The van der Waals surface area contributed by atoms with Crippen LogP contribution in [0.2, 0.25) is 0 Å². The van der Waals surface area contributed by atoms with Crippen LogP contribution in [0.25, 0.3) is 0 Å². The summed E-state index contributed by atoms with van der Waals surface area (Å²) < 4.78 is 40.0. The molecule has 0 spiro atoms. The number of ether oxygens (including phenoxy) is 1. The van der Waals surface area contributed by atoms with Gasteiger partial charge in [-0.3, -0.25) is 4.79 Å². The van der Waals surface area contributed by atoms with Crippen molar-refractivity contribution in [1.29, 1.82) is 0 Å². The van der Waals surface area contributed by atoms with E-state index in [1.54, 1.807) is 12.1 Å². The van der Waals surface area contributed by atoms with Gasteiger partial charge in [0.15, 0.2) is 5.78 Å². The molecule has 106 valence electrons.